The van der Waals surface area contributed by atoms with Crippen molar-refractivity contribution in [2.24, 2.45) is 0 Å². The van der Waals surface area contributed by atoms with Crippen LogP contribution in [-0.2, 0) is 4.74 Å². The van der Waals surface area contributed by atoms with Crippen LogP contribution < -0.4 is 20.1 Å². The number of methoxy groups -OCH3 is 1. The first kappa shape index (κ1) is 22.4. The summed E-state index contributed by atoms with van der Waals surface area (Å²) >= 11 is 0. The van der Waals surface area contributed by atoms with Crippen LogP contribution in [0.4, 0.5) is 16.2 Å². The van der Waals surface area contributed by atoms with Crippen LogP contribution in [-0.4, -0.2) is 31.7 Å². The Kier molecular flexibility index (Phi) is 7.42. The van der Waals surface area contributed by atoms with Gasteiger partial charge in [-0.3, -0.25) is 10.1 Å². The number of para-hydroxylation sites is 1. The van der Waals surface area contributed by atoms with E-state index in [-0.39, 0.29) is 18.1 Å². The lowest BCUT2D eigenvalue weighted by atomic mass is 10.2. The fourth-order valence-electron chi connectivity index (χ4n) is 2.81. The summed E-state index contributed by atoms with van der Waals surface area (Å²) < 4.78 is 15.4. The first-order chi connectivity index (χ1) is 15.5. The Bertz CT molecular complexity index is 1110. The van der Waals surface area contributed by atoms with E-state index in [0.717, 1.165) is 0 Å². The number of hydrogen-bond acceptors (Lipinski definition) is 6. The first-order valence-electron chi connectivity index (χ1n) is 9.80. The van der Waals surface area contributed by atoms with E-state index in [1.165, 1.54) is 13.2 Å². The monoisotopic (exact) mass is 434 g/mol. The average molecular weight is 434 g/mol. The van der Waals surface area contributed by atoms with E-state index < -0.39 is 12.1 Å². The molecule has 0 aliphatic heterocycles. The van der Waals surface area contributed by atoms with Crippen LogP contribution in [0, 0.1) is 0 Å². The summed E-state index contributed by atoms with van der Waals surface area (Å²) in [6, 6.07) is 19.6. The highest BCUT2D eigenvalue weighted by atomic mass is 16.5. The minimum absolute atomic E-state index is 0.239. The number of carbonyl (C=O) groups is 3. The average Bonchev–Trinajstić information content (AvgIpc) is 2.80. The predicted octanol–water partition coefficient (Wildman–Crippen LogP) is 4.74. The quantitative estimate of drug-likeness (QED) is 0.411. The molecule has 32 heavy (non-hydrogen) atoms. The molecule has 0 heterocycles. The van der Waals surface area contributed by atoms with Crippen molar-refractivity contribution in [2.75, 3.05) is 24.4 Å². The number of rotatable bonds is 7. The minimum Gasteiger partial charge on any atom is -0.496 e. The van der Waals surface area contributed by atoms with Crippen molar-refractivity contribution in [3.05, 3.63) is 83.9 Å². The van der Waals surface area contributed by atoms with Gasteiger partial charge >= 0.3 is 12.1 Å². The van der Waals surface area contributed by atoms with Crippen LogP contribution in [0.15, 0.2) is 72.8 Å². The number of carbonyl (C=O) groups excluding carboxylic acids is 3. The van der Waals surface area contributed by atoms with Gasteiger partial charge in [0.15, 0.2) is 0 Å². The summed E-state index contributed by atoms with van der Waals surface area (Å²) in [6.07, 6.45) is -0.608. The van der Waals surface area contributed by atoms with E-state index >= 15 is 0 Å². The summed E-state index contributed by atoms with van der Waals surface area (Å²) in [4.78, 5) is 36.5. The van der Waals surface area contributed by atoms with Crippen molar-refractivity contribution < 1.29 is 28.6 Å². The molecule has 0 aliphatic rings. The van der Waals surface area contributed by atoms with Gasteiger partial charge in [0.25, 0.3) is 5.91 Å². The molecule has 0 bridgehead atoms. The van der Waals surface area contributed by atoms with Gasteiger partial charge in [-0.25, -0.2) is 9.59 Å². The molecule has 0 unspecified atom stereocenters. The molecule has 0 saturated carbocycles. The normalized spacial score (nSPS) is 10.1. The van der Waals surface area contributed by atoms with Crippen molar-refractivity contribution >= 4 is 29.3 Å². The van der Waals surface area contributed by atoms with Gasteiger partial charge in [-0.05, 0) is 61.5 Å². The van der Waals surface area contributed by atoms with Crippen LogP contribution in [0.2, 0.25) is 0 Å². The number of nitrogens with one attached hydrogen (secondary N) is 2. The number of benzene rings is 3. The molecule has 0 atom stereocenters. The van der Waals surface area contributed by atoms with Crippen molar-refractivity contribution in [2.45, 2.75) is 6.92 Å². The van der Waals surface area contributed by atoms with Gasteiger partial charge < -0.3 is 19.5 Å². The van der Waals surface area contributed by atoms with Gasteiger partial charge in [0.05, 0.1) is 24.8 Å². The lowest BCUT2D eigenvalue weighted by Gasteiger charge is -2.10. The van der Waals surface area contributed by atoms with Gasteiger partial charge in [0.1, 0.15) is 11.5 Å². The molecule has 0 saturated heterocycles. The van der Waals surface area contributed by atoms with Crippen molar-refractivity contribution in [3.63, 3.8) is 0 Å². The van der Waals surface area contributed by atoms with Gasteiger partial charge in [0, 0.05) is 11.4 Å². The van der Waals surface area contributed by atoms with Crippen LogP contribution in [0.1, 0.15) is 27.6 Å². The van der Waals surface area contributed by atoms with Crippen LogP contribution in [0.3, 0.4) is 0 Å². The zero-order valence-corrected chi connectivity index (χ0v) is 17.6. The Labute approximate surface area is 185 Å². The van der Waals surface area contributed by atoms with E-state index in [1.54, 1.807) is 73.7 Å². The second-order valence-corrected chi connectivity index (χ2v) is 6.49. The molecule has 0 aromatic heterocycles. The van der Waals surface area contributed by atoms with E-state index in [0.29, 0.717) is 28.4 Å². The Morgan fingerprint density at radius 3 is 2.31 bits per heavy atom. The highest BCUT2D eigenvalue weighted by molar-refractivity contribution is 6.06. The van der Waals surface area contributed by atoms with E-state index in [2.05, 4.69) is 10.6 Å². The zero-order valence-electron chi connectivity index (χ0n) is 17.6. The second kappa shape index (κ2) is 10.6. The molecular weight excluding hydrogens is 412 g/mol. The fourth-order valence-corrected chi connectivity index (χ4v) is 2.81. The van der Waals surface area contributed by atoms with Gasteiger partial charge in [-0.15, -0.1) is 0 Å². The number of esters is 1. The zero-order chi connectivity index (χ0) is 22.9. The highest BCUT2D eigenvalue weighted by Crippen LogP contribution is 2.21. The molecule has 8 heteroatoms. The maximum Gasteiger partial charge on any atom is 0.411 e. The van der Waals surface area contributed by atoms with Crippen LogP contribution in [0.5, 0.6) is 11.5 Å². The molecule has 2 amide bonds. The largest absolute Gasteiger partial charge is 0.496 e. The predicted molar refractivity (Wildman–Crippen MR) is 119 cm³/mol. The first-order valence-corrected chi connectivity index (χ1v) is 9.80. The molecule has 0 fully saturated rings. The van der Waals surface area contributed by atoms with Gasteiger partial charge in [0.2, 0.25) is 0 Å². The highest BCUT2D eigenvalue weighted by Gasteiger charge is 2.13. The second-order valence-electron chi connectivity index (χ2n) is 6.49. The number of ether oxygens (including phenoxy) is 3. The number of amides is 2. The lowest BCUT2D eigenvalue weighted by Crippen LogP contribution is -2.14. The molecule has 0 spiro atoms. The topological polar surface area (TPSA) is 103 Å². The van der Waals surface area contributed by atoms with E-state index in [4.69, 9.17) is 14.2 Å². The van der Waals surface area contributed by atoms with Crippen molar-refractivity contribution in [1.29, 1.82) is 0 Å². The third kappa shape index (κ3) is 5.85. The van der Waals surface area contributed by atoms with Crippen LogP contribution in [0.25, 0.3) is 0 Å². The maximum absolute atomic E-state index is 12.5. The SMILES string of the molecule is CCOC(=O)Nc1cccc(C(=O)Oc2ccc(NC(=O)c3ccccc3OC)cc2)c1. The standard InChI is InChI=1S/C24H22N2O6/c1-3-31-24(29)26-18-8-6-7-16(15-18)23(28)32-19-13-11-17(12-14-19)25-22(27)20-9-4-5-10-21(20)30-2/h4-15H,3H2,1-2H3,(H,25,27)(H,26,29). The van der Waals surface area contributed by atoms with E-state index in [9.17, 15) is 14.4 Å². The number of anilines is 2. The number of hydrogen-bond donors (Lipinski definition) is 2. The summed E-state index contributed by atoms with van der Waals surface area (Å²) in [7, 11) is 1.50. The van der Waals surface area contributed by atoms with Gasteiger partial charge in [-0.2, -0.15) is 0 Å². The Morgan fingerprint density at radius 1 is 0.844 bits per heavy atom. The maximum atomic E-state index is 12.5. The third-order valence-corrected chi connectivity index (χ3v) is 4.29. The van der Waals surface area contributed by atoms with Crippen molar-refractivity contribution in [3.8, 4) is 11.5 Å². The summed E-state index contributed by atoms with van der Waals surface area (Å²) in [5.41, 5.74) is 1.60. The summed E-state index contributed by atoms with van der Waals surface area (Å²) in [5, 5.41) is 5.30. The molecule has 2 N–H and O–H groups in total. The summed E-state index contributed by atoms with van der Waals surface area (Å²) in [6.45, 7) is 1.94. The van der Waals surface area contributed by atoms with Crippen molar-refractivity contribution in [1.82, 2.24) is 0 Å². The third-order valence-electron chi connectivity index (χ3n) is 4.29. The van der Waals surface area contributed by atoms with E-state index in [1.807, 2.05) is 0 Å². The molecule has 8 nitrogen and oxygen atoms in total. The molecule has 164 valence electrons. The Morgan fingerprint density at radius 2 is 1.59 bits per heavy atom. The molecule has 3 aromatic rings. The van der Waals surface area contributed by atoms with Gasteiger partial charge in [-0.1, -0.05) is 18.2 Å². The van der Waals surface area contributed by atoms with Crippen LogP contribution >= 0.6 is 0 Å². The molecular formula is C24H22N2O6. The minimum atomic E-state index is -0.608. The summed E-state index contributed by atoms with van der Waals surface area (Å²) in [5.74, 6) is -0.148. The molecule has 0 aliphatic carbocycles. The molecule has 3 aromatic carbocycles. The fraction of sp³-hybridized carbons (Fsp3) is 0.125. The lowest BCUT2D eigenvalue weighted by molar-refractivity contribution is 0.0734. The molecule has 0 radical (unpaired) electrons. The smallest absolute Gasteiger partial charge is 0.411 e. The Hall–Kier alpha value is -4.33. The Balaban J connectivity index is 1.62. The molecule has 3 rings (SSSR count).